The number of carbonyl (C=O) groups is 6. The average Bonchev–Trinajstić information content (AvgIpc) is 3.44. The molecule has 1 aliphatic rings. The molecule has 2 aromatic rings. The first-order chi connectivity index (χ1) is 24.3. The number of imide groups is 1. The molecule has 1 saturated heterocycles. The van der Waals surface area contributed by atoms with Gasteiger partial charge < -0.3 is 19.6 Å². The second-order valence-corrected chi connectivity index (χ2v) is 12.7. The maximum Gasteiger partial charge on any atom is 0.355 e. The fourth-order valence-electron chi connectivity index (χ4n) is 5.53. The van der Waals surface area contributed by atoms with Crippen LogP contribution in [0.1, 0.15) is 127 Å². The molecule has 1 unspecified atom stereocenters. The van der Waals surface area contributed by atoms with Gasteiger partial charge in [0.15, 0.2) is 0 Å². The SMILES string of the molecule is O=C(CCCCCCCCCCCCCCC(=O)OCc1ccccc1)NC(CCC(=O)OCc1ccccc1)C(=O)ON1C(=O)CCC1=O. The molecule has 1 fully saturated rings. The molecule has 1 aliphatic heterocycles. The maximum atomic E-state index is 12.8. The molecule has 0 spiro atoms. The topological polar surface area (TPSA) is 145 Å². The van der Waals surface area contributed by atoms with Crippen LogP contribution in [0.15, 0.2) is 60.7 Å². The van der Waals surface area contributed by atoms with Crippen LogP contribution in [0, 0.1) is 0 Å². The first-order valence-corrected chi connectivity index (χ1v) is 18.1. The van der Waals surface area contributed by atoms with Crippen LogP contribution in [0.5, 0.6) is 0 Å². The van der Waals surface area contributed by atoms with Crippen molar-refractivity contribution < 1.29 is 43.1 Å². The minimum atomic E-state index is -1.21. The Balaban J connectivity index is 1.21. The fourth-order valence-corrected chi connectivity index (χ4v) is 5.53. The lowest BCUT2D eigenvalue weighted by Gasteiger charge is -2.20. The summed E-state index contributed by atoms with van der Waals surface area (Å²) in [6, 6.07) is 17.6. The van der Waals surface area contributed by atoms with Crippen molar-refractivity contribution in [2.24, 2.45) is 0 Å². The normalized spacial score (nSPS) is 13.2. The summed E-state index contributed by atoms with van der Waals surface area (Å²) >= 11 is 0. The summed E-state index contributed by atoms with van der Waals surface area (Å²) in [7, 11) is 0. The van der Waals surface area contributed by atoms with Crippen LogP contribution in [-0.2, 0) is 56.3 Å². The minimum Gasteiger partial charge on any atom is -0.461 e. The van der Waals surface area contributed by atoms with Crippen molar-refractivity contribution in [3.63, 3.8) is 0 Å². The second kappa shape index (κ2) is 23.8. The van der Waals surface area contributed by atoms with E-state index in [1.165, 1.54) is 25.7 Å². The Hall–Kier alpha value is -4.54. The summed E-state index contributed by atoms with van der Waals surface area (Å²) in [5, 5.41) is 3.05. The molecular formula is C39H52N2O9. The first kappa shape index (κ1) is 39.9. The van der Waals surface area contributed by atoms with E-state index >= 15 is 0 Å². The number of benzene rings is 2. The van der Waals surface area contributed by atoms with E-state index in [2.05, 4.69) is 5.32 Å². The van der Waals surface area contributed by atoms with Crippen LogP contribution in [0.2, 0.25) is 0 Å². The molecular weight excluding hydrogens is 640 g/mol. The van der Waals surface area contributed by atoms with E-state index in [4.69, 9.17) is 14.3 Å². The van der Waals surface area contributed by atoms with Gasteiger partial charge in [-0.1, -0.05) is 125 Å². The number of hydroxylamine groups is 2. The van der Waals surface area contributed by atoms with E-state index in [0.29, 0.717) is 24.5 Å². The smallest absolute Gasteiger partial charge is 0.355 e. The number of amides is 3. The number of hydrogen-bond donors (Lipinski definition) is 1. The quantitative estimate of drug-likeness (QED) is 0.0674. The molecule has 50 heavy (non-hydrogen) atoms. The number of ether oxygens (including phenoxy) is 2. The highest BCUT2D eigenvalue weighted by Crippen LogP contribution is 2.16. The van der Waals surface area contributed by atoms with Gasteiger partial charge in [-0.25, -0.2) is 4.79 Å². The van der Waals surface area contributed by atoms with Gasteiger partial charge in [0.25, 0.3) is 11.8 Å². The maximum absolute atomic E-state index is 12.8. The van der Waals surface area contributed by atoms with Crippen molar-refractivity contribution in [2.75, 3.05) is 0 Å². The Morgan fingerprint density at radius 1 is 0.580 bits per heavy atom. The molecule has 2 aromatic carbocycles. The number of esters is 2. The van der Waals surface area contributed by atoms with Gasteiger partial charge in [0, 0.05) is 32.1 Å². The van der Waals surface area contributed by atoms with Gasteiger partial charge in [-0.05, 0) is 30.4 Å². The zero-order valence-corrected chi connectivity index (χ0v) is 29.1. The molecule has 0 radical (unpaired) electrons. The lowest BCUT2D eigenvalue weighted by molar-refractivity contribution is -0.199. The summed E-state index contributed by atoms with van der Waals surface area (Å²) in [5.74, 6) is -3.28. The van der Waals surface area contributed by atoms with Gasteiger partial charge in [0.1, 0.15) is 19.3 Å². The third kappa shape index (κ3) is 16.7. The fraction of sp³-hybridized carbons (Fsp3) is 0.538. The molecule has 1 N–H and O–H groups in total. The Morgan fingerprint density at radius 2 is 1.00 bits per heavy atom. The lowest BCUT2D eigenvalue weighted by atomic mass is 10.0. The summed E-state index contributed by atoms with van der Waals surface area (Å²) in [6.07, 6.45) is 12.8. The van der Waals surface area contributed by atoms with E-state index in [1.807, 2.05) is 60.7 Å². The largest absolute Gasteiger partial charge is 0.461 e. The highest BCUT2D eigenvalue weighted by Gasteiger charge is 2.35. The molecule has 0 aliphatic carbocycles. The second-order valence-electron chi connectivity index (χ2n) is 12.7. The number of carbonyl (C=O) groups excluding carboxylic acids is 6. The lowest BCUT2D eigenvalue weighted by Crippen LogP contribution is -2.45. The molecule has 1 atom stereocenters. The molecule has 1 heterocycles. The van der Waals surface area contributed by atoms with Crippen molar-refractivity contribution in [2.45, 2.75) is 135 Å². The Morgan fingerprint density at radius 3 is 1.48 bits per heavy atom. The summed E-state index contributed by atoms with van der Waals surface area (Å²) in [5.41, 5.74) is 1.82. The summed E-state index contributed by atoms with van der Waals surface area (Å²) in [4.78, 5) is 78.6. The molecule has 11 heteroatoms. The molecule has 3 rings (SSSR count). The number of nitrogens with one attached hydrogen (secondary N) is 1. The number of rotatable bonds is 25. The Labute approximate surface area is 295 Å². The summed E-state index contributed by atoms with van der Waals surface area (Å²) < 4.78 is 10.6. The van der Waals surface area contributed by atoms with Crippen LogP contribution in [0.4, 0.5) is 0 Å². The van der Waals surface area contributed by atoms with Crippen LogP contribution in [0.3, 0.4) is 0 Å². The number of hydrogen-bond acceptors (Lipinski definition) is 9. The highest BCUT2D eigenvalue weighted by molar-refractivity contribution is 6.02. The number of unbranched alkanes of at least 4 members (excludes halogenated alkanes) is 11. The molecule has 272 valence electrons. The predicted molar refractivity (Wildman–Crippen MR) is 185 cm³/mol. The Bertz CT molecular complexity index is 1330. The van der Waals surface area contributed by atoms with Crippen molar-refractivity contribution in [3.8, 4) is 0 Å². The predicted octanol–water partition coefficient (Wildman–Crippen LogP) is 6.81. The minimum absolute atomic E-state index is 0.0496. The molecule has 11 nitrogen and oxygen atoms in total. The van der Waals surface area contributed by atoms with Crippen LogP contribution < -0.4 is 5.32 Å². The van der Waals surface area contributed by atoms with Crippen LogP contribution >= 0.6 is 0 Å². The molecule has 0 saturated carbocycles. The van der Waals surface area contributed by atoms with Gasteiger partial charge in [-0.3, -0.25) is 24.0 Å². The van der Waals surface area contributed by atoms with Gasteiger partial charge >= 0.3 is 17.9 Å². The van der Waals surface area contributed by atoms with E-state index in [-0.39, 0.29) is 50.6 Å². The van der Waals surface area contributed by atoms with Crippen molar-refractivity contribution in [1.29, 1.82) is 0 Å². The molecule has 0 aromatic heterocycles. The van der Waals surface area contributed by atoms with Crippen LogP contribution in [0.25, 0.3) is 0 Å². The van der Waals surface area contributed by atoms with E-state index in [9.17, 15) is 28.8 Å². The van der Waals surface area contributed by atoms with E-state index in [1.54, 1.807) is 0 Å². The van der Waals surface area contributed by atoms with Crippen molar-refractivity contribution in [3.05, 3.63) is 71.8 Å². The Kier molecular flexibility index (Phi) is 19.0. The van der Waals surface area contributed by atoms with Gasteiger partial charge in [-0.15, -0.1) is 5.06 Å². The van der Waals surface area contributed by atoms with Crippen molar-refractivity contribution >= 4 is 35.6 Å². The number of nitrogens with zero attached hydrogens (tertiary/aromatic N) is 1. The van der Waals surface area contributed by atoms with Gasteiger partial charge in [-0.2, -0.15) is 0 Å². The van der Waals surface area contributed by atoms with Crippen molar-refractivity contribution in [1.82, 2.24) is 10.4 Å². The first-order valence-electron chi connectivity index (χ1n) is 18.1. The van der Waals surface area contributed by atoms with Gasteiger partial charge in [0.2, 0.25) is 5.91 Å². The summed E-state index contributed by atoms with van der Waals surface area (Å²) in [6.45, 7) is 0.411. The van der Waals surface area contributed by atoms with E-state index < -0.39 is 29.8 Å². The zero-order valence-electron chi connectivity index (χ0n) is 29.1. The standard InChI is InChI=1S/C39H52N2O9/c42-34(23-17-9-7-5-3-1-2-4-6-8-10-18-24-37(45)48-29-31-19-13-11-14-20-31)40-33(39(47)50-41-35(43)26-27-36(41)44)25-28-38(46)49-30-32-21-15-12-16-22-32/h11-16,19-22,33H,1-10,17-18,23-30H2,(H,40,42). The molecule has 0 bridgehead atoms. The highest BCUT2D eigenvalue weighted by atomic mass is 16.7. The van der Waals surface area contributed by atoms with E-state index in [0.717, 1.165) is 56.1 Å². The zero-order chi connectivity index (χ0) is 35.8. The molecule has 3 amide bonds. The average molecular weight is 693 g/mol. The third-order valence-electron chi connectivity index (χ3n) is 8.46. The monoisotopic (exact) mass is 692 g/mol. The van der Waals surface area contributed by atoms with Crippen LogP contribution in [-0.4, -0.2) is 46.7 Å². The third-order valence-corrected chi connectivity index (χ3v) is 8.46. The van der Waals surface area contributed by atoms with Gasteiger partial charge in [0.05, 0.1) is 0 Å².